The van der Waals surface area contributed by atoms with Gasteiger partial charge in [-0.05, 0) is 77.0 Å². The van der Waals surface area contributed by atoms with Crippen molar-refractivity contribution in [1.29, 1.82) is 0 Å². The molecule has 2 aliphatic rings. The topological polar surface area (TPSA) is 0 Å². The molecular formula is C27H28. The van der Waals surface area contributed by atoms with E-state index in [1.54, 1.807) is 11.1 Å². The first-order valence-electron chi connectivity index (χ1n) is 10.7. The molecule has 1 saturated carbocycles. The predicted octanol–water partition coefficient (Wildman–Crippen LogP) is 7.09. The summed E-state index contributed by atoms with van der Waals surface area (Å²) < 4.78 is 0. The number of benzene rings is 3. The van der Waals surface area contributed by atoms with Crippen LogP contribution in [0.15, 0.2) is 66.7 Å². The van der Waals surface area contributed by atoms with E-state index in [-0.39, 0.29) is 0 Å². The molecule has 0 amide bonds. The lowest BCUT2D eigenvalue weighted by molar-refractivity contribution is 0.443. The van der Waals surface area contributed by atoms with Gasteiger partial charge in [0.25, 0.3) is 0 Å². The van der Waals surface area contributed by atoms with E-state index in [4.69, 9.17) is 0 Å². The summed E-state index contributed by atoms with van der Waals surface area (Å²) in [7, 11) is 0. The zero-order chi connectivity index (χ0) is 18.1. The Morgan fingerprint density at radius 2 is 1.44 bits per heavy atom. The maximum atomic E-state index is 2.40. The van der Waals surface area contributed by atoms with Crippen molar-refractivity contribution < 1.29 is 0 Å². The lowest BCUT2D eigenvalue weighted by atomic mass is 9.84. The molecule has 0 atom stereocenters. The van der Waals surface area contributed by atoms with Crippen LogP contribution in [-0.4, -0.2) is 0 Å². The highest BCUT2D eigenvalue weighted by atomic mass is 14.2. The molecule has 0 bridgehead atoms. The summed E-state index contributed by atoms with van der Waals surface area (Å²) in [5.74, 6) is 0.809. The van der Waals surface area contributed by atoms with Crippen LogP contribution >= 0.6 is 0 Å². The van der Waals surface area contributed by atoms with Gasteiger partial charge < -0.3 is 0 Å². The quantitative estimate of drug-likeness (QED) is 0.368. The molecule has 0 aromatic heterocycles. The smallest absolute Gasteiger partial charge is 0.00107 e. The van der Waals surface area contributed by atoms with E-state index in [9.17, 15) is 0 Å². The van der Waals surface area contributed by atoms with Crippen molar-refractivity contribution in [2.75, 3.05) is 0 Å². The largest absolute Gasteiger partial charge is 0.0619 e. The number of fused-ring (bicyclic) bond motifs is 3. The molecule has 0 spiro atoms. The summed E-state index contributed by atoms with van der Waals surface area (Å²) in [6, 6.07) is 25.3. The minimum atomic E-state index is 0.809. The van der Waals surface area contributed by atoms with Crippen LogP contribution in [0.2, 0.25) is 0 Å². The molecule has 27 heavy (non-hydrogen) atoms. The molecule has 0 aliphatic heterocycles. The highest BCUT2D eigenvalue weighted by Gasteiger charge is 2.20. The van der Waals surface area contributed by atoms with Gasteiger partial charge in [0.15, 0.2) is 0 Å². The third-order valence-electron chi connectivity index (χ3n) is 6.69. The fourth-order valence-corrected chi connectivity index (χ4v) is 5.13. The van der Waals surface area contributed by atoms with Gasteiger partial charge in [-0.1, -0.05) is 86.0 Å². The van der Waals surface area contributed by atoms with Crippen molar-refractivity contribution in [1.82, 2.24) is 0 Å². The van der Waals surface area contributed by atoms with Gasteiger partial charge >= 0.3 is 0 Å². The molecule has 1 fully saturated rings. The SMILES string of the molecule is c1ccc2c(c1)Cc1c(CCc3ccc(C4CCCCC4)cc3)cccc1-2. The lowest BCUT2D eigenvalue weighted by Crippen LogP contribution is -2.04. The summed E-state index contributed by atoms with van der Waals surface area (Å²) in [4.78, 5) is 0. The van der Waals surface area contributed by atoms with Crippen LogP contribution in [0.1, 0.15) is 65.8 Å². The zero-order valence-corrected chi connectivity index (χ0v) is 16.1. The van der Waals surface area contributed by atoms with E-state index in [2.05, 4.69) is 66.7 Å². The Morgan fingerprint density at radius 3 is 2.30 bits per heavy atom. The van der Waals surface area contributed by atoms with Crippen LogP contribution in [-0.2, 0) is 19.3 Å². The molecule has 0 heterocycles. The first kappa shape index (κ1) is 16.8. The normalized spacial score (nSPS) is 16.1. The summed E-state index contributed by atoms with van der Waals surface area (Å²) in [6.45, 7) is 0. The molecule has 136 valence electrons. The van der Waals surface area contributed by atoms with Crippen LogP contribution in [0.5, 0.6) is 0 Å². The average molecular weight is 353 g/mol. The van der Waals surface area contributed by atoms with Crippen molar-refractivity contribution in [2.45, 2.75) is 57.3 Å². The van der Waals surface area contributed by atoms with Gasteiger partial charge in [0, 0.05) is 0 Å². The molecule has 0 radical (unpaired) electrons. The van der Waals surface area contributed by atoms with Crippen LogP contribution in [0.3, 0.4) is 0 Å². The first-order valence-corrected chi connectivity index (χ1v) is 10.7. The summed E-state index contributed by atoms with van der Waals surface area (Å²) >= 11 is 0. The van der Waals surface area contributed by atoms with Gasteiger partial charge in [0.1, 0.15) is 0 Å². The first-order chi connectivity index (χ1) is 13.4. The fraction of sp³-hybridized carbons (Fsp3) is 0.333. The molecule has 2 aliphatic carbocycles. The second kappa shape index (κ2) is 7.35. The molecule has 3 aromatic rings. The van der Waals surface area contributed by atoms with Crippen molar-refractivity contribution in [3.8, 4) is 11.1 Å². The van der Waals surface area contributed by atoms with E-state index >= 15 is 0 Å². The highest BCUT2D eigenvalue weighted by Crippen LogP contribution is 2.38. The fourth-order valence-electron chi connectivity index (χ4n) is 5.13. The van der Waals surface area contributed by atoms with E-state index in [0.29, 0.717) is 0 Å². The Labute approximate surface area is 163 Å². The van der Waals surface area contributed by atoms with Gasteiger partial charge in [-0.2, -0.15) is 0 Å². The second-order valence-corrected chi connectivity index (χ2v) is 8.35. The number of hydrogen-bond acceptors (Lipinski definition) is 0. The van der Waals surface area contributed by atoms with Gasteiger partial charge in [-0.25, -0.2) is 0 Å². The third-order valence-corrected chi connectivity index (χ3v) is 6.69. The van der Waals surface area contributed by atoms with E-state index in [0.717, 1.165) is 25.2 Å². The summed E-state index contributed by atoms with van der Waals surface area (Å²) in [5, 5.41) is 0. The van der Waals surface area contributed by atoms with E-state index in [1.807, 2.05) is 0 Å². The molecular weight excluding hydrogens is 324 g/mol. The monoisotopic (exact) mass is 352 g/mol. The number of hydrogen-bond donors (Lipinski definition) is 0. The lowest BCUT2D eigenvalue weighted by Gasteiger charge is -2.22. The maximum Gasteiger partial charge on any atom is -0.00107 e. The highest BCUT2D eigenvalue weighted by molar-refractivity contribution is 5.77. The number of aryl methyl sites for hydroxylation is 2. The Morgan fingerprint density at radius 1 is 0.667 bits per heavy atom. The van der Waals surface area contributed by atoms with Crippen molar-refractivity contribution >= 4 is 0 Å². The van der Waals surface area contributed by atoms with Crippen molar-refractivity contribution in [2.24, 2.45) is 0 Å². The molecule has 5 rings (SSSR count). The Balaban J connectivity index is 1.30. The second-order valence-electron chi connectivity index (χ2n) is 8.35. The average Bonchev–Trinajstić information content (AvgIpc) is 3.13. The molecule has 0 nitrogen and oxygen atoms in total. The minimum Gasteiger partial charge on any atom is -0.0619 e. The Hall–Kier alpha value is -2.34. The predicted molar refractivity (Wildman–Crippen MR) is 114 cm³/mol. The van der Waals surface area contributed by atoms with Crippen LogP contribution in [0, 0.1) is 0 Å². The summed E-state index contributed by atoms with van der Waals surface area (Å²) in [5.41, 5.74) is 10.5. The molecule has 0 saturated heterocycles. The molecule has 0 unspecified atom stereocenters. The standard InChI is InChI=1S/C27H28/c1-2-7-21(8-3-1)22-16-13-20(14-17-22)15-18-23-10-6-12-26-25-11-5-4-9-24(25)19-27(23)26/h4-6,9-14,16-17,21H,1-3,7-8,15,18-19H2. The van der Waals surface area contributed by atoms with Crippen LogP contribution in [0.4, 0.5) is 0 Å². The third kappa shape index (κ3) is 3.34. The van der Waals surface area contributed by atoms with Gasteiger partial charge in [-0.3, -0.25) is 0 Å². The Bertz CT molecular complexity index is 927. The van der Waals surface area contributed by atoms with Crippen LogP contribution in [0.25, 0.3) is 11.1 Å². The van der Waals surface area contributed by atoms with E-state index < -0.39 is 0 Å². The molecule has 0 N–H and O–H groups in total. The van der Waals surface area contributed by atoms with Crippen molar-refractivity contribution in [3.05, 3.63) is 94.5 Å². The van der Waals surface area contributed by atoms with Crippen LogP contribution < -0.4 is 0 Å². The van der Waals surface area contributed by atoms with Crippen molar-refractivity contribution in [3.63, 3.8) is 0 Å². The number of rotatable bonds is 4. The van der Waals surface area contributed by atoms with Gasteiger partial charge in [0.05, 0.1) is 0 Å². The molecule has 0 heteroatoms. The molecule has 3 aromatic carbocycles. The van der Waals surface area contributed by atoms with Gasteiger partial charge in [-0.15, -0.1) is 0 Å². The summed E-state index contributed by atoms with van der Waals surface area (Å²) in [6.07, 6.45) is 10.4. The maximum absolute atomic E-state index is 2.40. The van der Waals surface area contributed by atoms with Gasteiger partial charge in [0.2, 0.25) is 0 Å². The van der Waals surface area contributed by atoms with E-state index in [1.165, 1.54) is 59.9 Å². The Kier molecular flexibility index (Phi) is 4.57. The minimum absolute atomic E-state index is 0.809. The zero-order valence-electron chi connectivity index (χ0n) is 16.1.